The second-order valence-electron chi connectivity index (χ2n) is 2.50. The summed E-state index contributed by atoms with van der Waals surface area (Å²) in [6, 6.07) is 7.39. The van der Waals surface area contributed by atoms with Gasteiger partial charge in [0.1, 0.15) is 5.75 Å². The number of ether oxygens (including phenoxy) is 1. The molecule has 65 valence electrons. The second kappa shape index (κ2) is 4.78. The highest BCUT2D eigenvalue weighted by molar-refractivity contribution is 5.26. The summed E-state index contributed by atoms with van der Waals surface area (Å²) in [6.45, 7) is 4.39. The molecule has 0 heterocycles. The molecule has 0 fully saturated rings. The van der Waals surface area contributed by atoms with E-state index in [0.29, 0.717) is 6.61 Å². The first-order chi connectivity index (χ1) is 5.86. The van der Waals surface area contributed by atoms with Gasteiger partial charge in [-0.25, -0.2) is 0 Å². The molecule has 1 aromatic rings. The van der Waals surface area contributed by atoms with Gasteiger partial charge >= 0.3 is 0 Å². The average molecular weight is 165 g/mol. The Kier molecular flexibility index (Phi) is 3.61. The van der Waals surface area contributed by atoms with E-state index in [1.807, 2.05) is 24.3 Å². The molecule has 1 aromatic carbocycles. The van der Waals surface area contributed by atoms with Gasteiger partial charge in [0.25, 0.3) is 0 Å². The van der Waals surface area contributed by atoms with E-state index >= 15 is 0 Å². The van der Waals surface area contributed by atoms with Gasteiger partial charge in [-0.05, 0) is 31.0 Å². The first-order valence-corrected chi connectivity index (χ1v) is 3.98. The van der Waals surface area contributed by atoms with Crippen molar-refractivity contribution in [3.63, 3.8) is 0 Å². The Morgan fingerprint density at radius 3 is 2.42 bits per heavy atom. The largest absolute Gasteiger partial charge is 0.494 e. The lowest BCUT2D eigenvalue weighted by molar-refractivity contribution is 0.281. The molecule has 0 aliphatic rings. The van der Waals surface area contributed by atoms with Crippen LogP contribution in [0.2, 0.25) is 0 Å². The smallest absolute Gasteiger partial charge is 0.119 e. The molecule has 2 nitrogen and oxygen atoms in total. The van der Waals surface area contributed by atoms with E-state index in [4.69, 9.17) is 9.84 Å². The Bertz CT molecular complexity index is 216. The first-order valence-electron chi connectivity index (χ1n) is 3.98. The zero-order valence-corrected chi connectivity index (χ0v) is 6.99. The highest BCUT2D eigenvalue weighted by Gasteiger charge is 1.92. The maximum atomic E-state index is 8.75. The Balaban J connectivity index is 2.53. The lowest BCUT2D eigenvalue weighted by Crippen LogP contribution is -1.94. The van der Waals surface area contributed by atoms with Gasteiger partial charge in [-0.15, -0.1) is 0 Å². The predicted octanol–water partition coefficient (Wildman–Crippen LogP) is 1.78. The molecule has 0 aliphatic carbocycles. The van der Waals surface area contributed by atoms with Gasteiger partial charge in [-0.2, -0.15) is 0 Å². The van der Waals surface area contributed by atoms with E-state index in [2.05, 4.69) is 6.92 Å². The Morgan fingerprint density at radius 2 is 1.92 bits per heavy atom. The Morgan fingerprint density at radius 1 is 1.25 bits per heavy atom. The molecule has 0 bridgehead atoms. The fourth-order valence-corrected chi connectivity index (χ4v) is 0.881. The van der Waals surface area contributed by atoms with E-state index in [1.54, 1.807) is 0 Å². The summed E-state index contributed by atoms with van der Waals surface area (Å²) < 4.78 is 5.31. The van der Waals surface area contributed by atoms with Crippen LogP contribution in [-0.4, -0.2) is 11.7 Å². The summed E-state index contributed by atoms with van der Waals surface area (Å²) in [5.74, 6) is 0.829. The van der Waals surface area contributed by atoms with Crippen LogP contribution in [0.1, 0.15) is 12.0 Å². The first kappa shape index (κ1) is 9.07. The minimum atomic E-state index is 0.0790. The average Bonchev–Trinajstić information content (AvgIpc) is 2.15. The van der Waals surface area contributed by atoms with Crippen molar-refractivity contribution in [2.45, 2.75) is 13.0 Å². The van der Waals surface area contributed by atoms with E-state index in [-0.39, 0.29) is 6.61 Å². The third-order valence-electron chi connectivity index (χ3n) is 1.52. The fourth-order valence-electron chi connectivity index (χ4n) is 0.881. The van der Waals surface area contributed by atoms with Gasteiger partial charge in [-0.3, -0.25) is 0 Å². The van der Waals surface area contributed by atoms with Crippen LogP contribution in [0.15, 0.2) is 24.3 Å². The van der Waals surface area contributed by atoms with Crippen molar-refractivity contribution in [1.82, 2.24) is 0 Å². The van der Waals surface area contributed by atoms with Gasteiger partial charge in [0.05, 0.1) is 13.2 Å². The van der Waals surface area contributed by atoms with Gasteiger partial charge in [0.15, 0.2) is 0 Å². The van der Waals surface area contributed by atoms with E-state index in [0.717, 1.165) is 17.7 Å². The van der Waals surface area contributed by atoms with Gasteiger partial charge in [0.2, 0.25) is 0 Å². The Labute approximate surface area is 72.8 Å². The predicted molar refractivity (Wildman–Crippen MR) is 47.8 cm³/mol. The zero-order valence-electron chi connectivity index (χ0n) is 6.99. The highest BCUT2D eigenvalue weighted by atomic mass is 16.5. The van der Waals surface area contributed by atoms with Crippen LogP contribution in [-0.2, 0) is 6.61 Å². The molecule has 0 spiro atoms. The number of hydrogen-bond acceptors (Lipinski definition) is 2. The van der Waals surface area contributed by atoms with Gasteiger partial charge in [0, 0.05) is 0 Å². The van der Waals surface area contributed by atoms with Crippen molar-refractivity contribution in [2.75, 3.05) is 6.61 Å². The third kappa shape index (κ3) is 2.55. The van der Waals surface area contributed by atoms with Crippen LogP contribution in [0.25, 0.3) is 0 Å². The minimum absolute atomic E-state index is 0.0790. The standard InChI is InChI=1S/C10H13O2/c1-2-7-12-10-5-3-9(8-11)4-6-10/h3-6,11H,1-2,7-8H2. The molecule has 1 radical (unpaired) electrons. The SMILES string of the molecule is [CH2]CCOc1ccc(CO)cc1. The molecule has 1 rings (SSSR count). The quantitative estimate of drug-likeness (QED) is 0.737. The fraction of sp³-hybridized carbons (Fsp3) is 0.300. The van der Waals surface area contributed by atoms with Crippen LogP contribution in [0, 0.1) is 6.92 Å². The molecule has 0 aromatic heterocycles. The summed E-state index contributed by atoms with van der Waals surface area (Å²) in [7, 11) is 0. The Hall–Kier alpha value is -1.02. The van der Waals surface area contributed by atoms with Crippen molar-refractivity contribution < 1.29 is 9.84 Å². The molecule has 2 heteroatoms. The van der Waals surface area contributed by atoms with Crippen molar-refractivity contribution in [3.05, 3.63) is 36.8 Å². The third-order valence-corrected chi connectivity index (χ3v) is 1.52. The van der Waals surface area contributed by atoms with Gasteiger partial charge < -0.3 is 9.84 Å². The van der Waals surface area contributed by atoms with Crippen LogP contribution in [0.4, 0.5) is 0 Å². The van der Waals surface area contributed by atoms with E-state index < -0.39 is 0 Å². The van der Waals surface area contributed by atoms with E-state index in [9.17, 15) is 0 Å². The maximum absolute atomic E-state index is 8.75. The molecule has 0 unspecified atom stereocenters. The monoisotopic (exact) mass is 165 g/mol. The summed E-state index contributed by atoms with van der Waals surface area (Å²) >= 11 is 0. The van der Waals surface area contributed by atoms with Crippen LogP contribution in [0.5, 0.6) is 5.75 Å². The molecule has 12 heavy (non-hydrogen) atoms. The lowest BCUT2D eigenvalue weighted by Gasteiger charge is -2.04. The van der Waals surface area contributed by atoms with Crippen molar-refractivity contribution >= 4 is 0 Å². The van der Waals surface area contributed by atoms with Crippen LogP contribution < -0.4 is 4.74 Å². The minimum Gasteiger partial charge on any atom is -0.494 e. The van der Waals surface area contributed by atoms with Crippen molar-refractivity contribution in [2.24, 2.45) is 0 Å². The molecular weight excluding hydrogens is 152 g/mol. The van der Waals surface area contributed by atoms with Crippen molar-refractivity contribution in [1.29, 1.82) is 0 Å². The molecule has 0 aliphatic heterocycles. The van der Waals surface area contributed by atoms with Crippen LogP contribution in [0.3, 0.4) is 0 Å². The molecule has 0 atom stereocenters. The normalized spacial score (nSPS) is 9.83. The molecule has 1 N–H and O–H groups in total. The topological polar surface area (TPSA) is 29.5 Å². The summed E-state index contributed by atoms with van der Waals surface area (Å²) in [6.07, 6.45) is 0.766. The molecule has 0 saturated heterocycles. The second-order valence-corrected chi connectivity index (χ2v) is 2.50. The summed E-state index contributed by atoms with van der Waals surface area (Å²) in [5.41, 5.74) is 0.900. The maximum Gasteiger partial charge on any atom is 0.119 e. The van der Waals surface area contributed by atoms with Crippen LogP contribution >= 0.6 is 0 Å². The number of benzene rings is 1. The number of aliphatic hydroxyl groups is 1. The molecule has 0 amide bonds. The summed E-state index contributed by atoms with van der Waals surface area (Å²) in [4.78, 5) is 0. The van der Waals surface area contributed by atoms with Gasteiger partial charge in [-0.1, -0.05) is 12.1 Å². The van der Waals surface area contributed by atoms with E-state index in [1.165, 1.54) is 0 Å². The molecular formula is C10H13O2. The number of rotatable bonds is 4. The zero-order chi connectivity index (χ0) is 8.81. The molecule has 0 saturated carbocycles. The highest BCUT2D eigenvalue weighted by Crippen LogP contribution is 2.11. The number of hydrogen-bond donors (Lipinski definition) is 1. The van der Waals surface area contributed by atoms with Crippen molar-refractivity contribution in [3.8, 4) is 5.75 Å². The lowest BCUT2D eigenvalue weighted by atomic mass is 10.2. The summed E-state index contributed by atoms with van der Waals surface area (Å²) in [5, 5.41) is 8.75. The number of aliphatic hydroxyl groups excluding tert-OH is 1.